The van der Waals surface area contributed by atoms with Gasteiger partial charge in [-0.2, -0.15) is 10.1 Å². The lowest BCUT2D eigenvalue weighted by Crippen LogP contribution is -2.35. The Hall–Kier alpha value is -3.44. The molecule has 0 saturated heterocycles. The maximum absolute atomic E-state index is 12.9. The van der Waals surface area contributed by atoms with E-state index in [1.807, 2.05) is 31.2 Å². The van der Waals surface area contributed by atoms with Crippen LogP contribution in [0, 0.1) is 18.3 Å². The first kappa shape index (κ1) is 20.3. The molecule has 0 aliphatic heterocycles. The molecule has 9 heteroatoms. The zero-order valence-electron chi connectivity index (χ0n) is 16.0. The van der Waals surface area contributed by atoms with Gasteiger partial charge in [0.15, 0.2) is 0 Å². The molecule has 0 aliphatic carbocycles. The van der Waals surface area contributed by atoms with Crippen LogP contribution in [0.4, 0.5) is 5.69 Å². The van der Waals surface area contributed by atoms with Crippen LogP contribution in [-0.4, -0.2) is 39.8 Å². The van der Waals surface area contributed by atoms with Gasteiger partial charge in [-0.25, -0.2) is 0 Å². The van der Waals surface area contributed by atoms with Crippen LogP contribution < -0.4 is 9.64 Å². The fourth-order valence-corrected chi connectivity index (χ4v) is 2.87. The lowest BCUT2D eigenvalue weighted by Gasteiger charge is -2.22. The van der Waals surface area contributed by atoms with Gasteiger partial charge in [-0.05, 0) is 48.0 Å². The minimum atomic E-state index is -0.253. The average Bonchev–Trinajstić information content (AvgIpc) is 3.19. The predicted molar refractivity (Wildman–Crippen MR) is 109 cm³/mol. The number of benzene rings is 2. The van der Waals surface area contributed by atoms with Gasteiger partial charge in [0.2, 0.25) is 5.82 Å². The van der Waals surface area contributed by atoms with Crippen molar-refractivity contribution in [2.24, 2.45) is 0 Å². The first-order valence-corrected chi connectivity index (χ1v) is 9.25. The lowest BCUT2D eigenvalue weighted by atomic mass is 10.2. The number of tetrazole rings is 1. The van der Waals surface area contributed by atoms with Gasteiger partial charge < -0.3 is 9.64 Å². The third kappa shape index (κ3) is 4.89. The molecule has 0 N–H and O–H groups in total. The number of aryl methyl sites for hydroxylation is 1. The average molecular weight is 411 g/mol. The second kappa shape index (κ2) is 9.17. The summed E-state index contributed by atoms with van der Waals surface area (Å²) >= 11 is 6.08. The number of methoxy groups -OCH3 is 1. The van der Waals surface area contributed by atoms with Crippen molar-refractivity contribution in [3.8, 4) is 23.2 Å². The molecule has 0 spiro atoms. The van der Waals surface area contributed by atoms with E-state index in [0.29, 0.717) is 22.3 Å². The summed E-state index contributed by atoms with van der Waals surface area (Å²) in [6.07, 6.45) is 0.202. The van der Waals surface area contributed by atoms with Crippen molar-refractivity contribution in [1.82, 2.24) is 20.2 Å². The van der Waals surface area contributed by atoms with E-state index in [9.17, 15) is 4.79 Å². The van der Waals surface area contributed by atoms with E-state index in [2.05, 4.69) is 21.5 Å². The second-order valence-corrected chi connectivity index (χ2v) is 6.67. The molecule has 148 valence electrons. The Balaban J connectivity index is 1.80. The molecule has 0 bridgehead atoms. The van der Waals surface area contributed by atoms with Crippen LogP contribution in [0.25, 0.3) is 11.4 Å². The maximum Gasteiger partial charge on any atom is 0.250 e. The predicted octanol–water partition coefficient (Wildman–Crippen LogP) is 3.26. The molecular weight excluding hydrogens is 392 g/mol. The molecule has 29 heavy (non-hydrogen) atoms. The molecule has 0 atom stereocenters. The number of anilines is 1. The summed E-state index contributed by atoms with van der Waals surface area (Å²) in [4.78, 5) is 15.7. The maximum atomic E-state index is 12.9. The molecule has 2 aromatic carbocycles. The van der Waals surface area contributed by atoms with Crippen LogP contribution in [0.3, 0.4) is 0 Å². The third-order valence-corrected chi connectivity index (χ3v) is 4.68. The fraction of sp³-hybridized carbons (Fsp3) is 0.250. The quantitative estimate of drug-likeness (QED) is 0.593. The van der Waals surface area contributed by atoms with Crippen molar-refractivity contribution in [3.63, 3.8) is 0 Å². The summed E-state index contributed by atoms with van der Waals surface area (Å²) in [5.74, 6) is 0.815. The molecule has 3 rings (SSSR count). The Morgan fingerprint density at radius 1 is 1.31 bits per heavy atom. The van der Waals surface area contributed by atoms with Gasteiger partial charge in [0.05, 0.1) is 19.6 Å². The normalized spacial score (nSPS) is 10.4. The number of carbonyl (C=O) groups excluding carboxylic acids is 1. The van der Waals surface area contributed by atoms with Crippen LogP contribution in [0.15, 0.2) is 42.5 Å². The van der Waals surface area contributed by atoms with Crippen molar-refractivity contribution in [3.05, 3.63) is 53.1 Å². The van der Waals surface area contributed by atoms with E-state index in [-0.39, 0.29) is 25.4 Å². The smallest absolute Gasteiger partial charge is 0.250 e. The standard InChI is InChI=1S/C20H19ClN6O2/c1-14-11-16(7-8-18(14)21)26(10-4-9-22)19(28)13-27-24-20(23-25-27)15-5-3-6-17(12-15)29-2/h3,5-8,11-12H,4,10,13H2,1-2H3. The zero-order valence-corrected chi connectivity index (χ0v) is 16.8. The van der Waals surface area contributed by atoms with E-state index >= 15 is 0 Å². The van der Waals surface area contributed by atoms with Crippen molar-refractivity contribution >= 4 is 23.2 Å². The van der Waals surface area contributed by atoms with E-state index in [4.69, 9.17) is 21.6 Å². The minimum absolute atomic E-state index is 0.107. The van der Waals surface area contributed by atoms with Gasteiger partial charge in [0.25, 0.3) is 5.91 Å². The van der Waals surface area contributed by atoms with Crippen LogP contribution in [0.2, 0.25) is 5.02 Å². The van der Waals surface area contributed by atoms with E-state index in [1.165, 1.54) is 9.70 Å². The van der Waals surface area contributed by atoms with E-state index in [1.54, 1.807) is 25.3 Å². The van der Waals surface area contributed by atoms with Gasteiger partial charge in [-0.1, -0.05) is 23.7 Å². The topological polar surface area (TPSA) is 96.9 Å². The highest BCUT2D eigenvalue weighted by Gasteiger charge is 2.18. The third-order valence-electron chi connectivity index (χ3n) is 4.26. The van der Waals surface area contributed by atoms with Crippen molar-refractivity contribution in [1.29, 1.82) is 5.26 Å². The summed E-state index contributed by atoms with van der Waals surface area (Å²) in [7, 11) is 1.58. The number of rotatable bonds is 7. The number of nitriles is 1. The molecule has 8 nitrogen and oxygen atoms in total. The van der Waals surface area contributed by atoms with Crippen molar-refractivity contribution in [2.45, 2.75) is 19.9 Å². The summed E-state index contributed by atoms with van der Waals surface area (Å²) in [5, 5.41) is 21.8. The summed E-state index contributed by atoms with van der Waals surface area (Å²) in [6.45, 7) is 2.01. The number of hydrogen-bond donors (Lipinski definition) is 0. The van der Waals surface area contributed by atoms with E-state index < -0.39 is 0 Å². The number of amides is 1. The summed E-state index contributed by atoms with van der Waals surface area (Å²) < 4.78 is 5.20. The van der Waals surface area contributed by atoms with Gasteiger partial charge in [0.1, 0.15) is 12.3 Å². The van der Waals surface area contributed by atoms with Gasteiger partial charge in [-0.3, -0.25) is 4.79 Å². The number of carbonyl (C=O) groups is 1. The highest BCUT2D eigenvalue weighted by molar-refractivity contribution is 6.31. The molecule has 0 radical (unpaired) electrons. The van der Waals surface area contributed by atoms with Crippen molar-refractivity contribution < 1.29 is 9.53 Å². The van der Waals surface area contributed by atoms with Crippen LogP contribution in [0.5, 0.6) is 5.75 Å². The first-order chi connectivity index (χ1) is 14.0. The lowest BCUT2D eigenvalue weighted by molar-refractivity contribution is -0.119. The van der Waals surface area contributed by atoms with Gasteiger partial charge in [0, 0.05) is 22.8 Å². The monoisotopic (exact) mass is 410 g/mol. The Kier molecular flexibility index (Phi) is 6.42. The Morgan fingerprint density at radius 2 is 2.14 bits per heavy atom. The highest BCUT2D eigenvalue weighted by atomic mass is 35.5. The largest absolute Gasteiger partial charge is 0.497 e. The zero-order chi connectivity index (χ0) is 20.8. The second-order valence-electron chi connectivity index (χ2n) is 6.26. The van der Waals surface area contributed by atoms with Gasteiger partial charge in [-0.15, -0.1) is 10.2 Å². The molecule has 1 aromatic heterocycles. The van der Waals surface area contributed by atoms with Gasteiger partial charge >= 0.3 is 0 Å². The molecule has 1 amide bonds. The Morgan fingerprint density at radius 3 is 2.86 bits per heavy atom. The van der Waals surface area contributed by atoms with Crippen molar-refractivity contribution in [2.75, 3.05) is 18.6 Å². The Labute approximate surface area is 173 Å². The van der Waals surface area contributed by atoms with Crippen LogP contribution in [0.1, 0.15) is 12.0 Å². The molecular formula is C20H19ClN6O2. The Bertz CT molecular complexity index is 1060. The number of ether oxygens (including phenoxy) is 1. The number of nitrogens with zero attached hydrogens (tertiary/aromatic N) is 6. The molecule has 0 saturated carbocycles. The summed E-state index contributed by atoms with van der Waals surface area (Å²) in [6, 6.07) is 14.6. The number of hydrogen-bond acceptors (Lipinski definition) is 6. The number of halogens is 1. The molecule has 0 fully saturated rings. The molecule has 0 unspecified atom stereocenters. The fourth-order valence-electron chi connectivity index (χ4n) is 2.75. The van der Waals surface area contributed by atoms with Crippen LogP contribution >= 0.6 is 11.6 Å². The first-order valence-electron chi connectivity index (χ1n) is 8.87. The van der Waals surface area contributed by atoms with E-state index in [0.717, 1.165) is 11.1 Å². The summed E-state index contributed by atoms with van der Waals surface area (Å²) in [5.41, 5.74) is 2.25. The number of aromatic nitrogens is 4. The highest BCUT2D eigenvalue weighted by Crippen LogP contribution is 2.23. The minimum Gasteiger partial charge on any atom is -0.497 e. The molecule has 3 aromatic rings. The molecule has 1 heterocycles. The van der Waals surface area contributed by atoms with Crippen LogP contribution in [-0.2, 0) is 11.3 Å². The SMILES string of the molecule is COc1cccc(-c2nnn(CC(=O)N(CCC#N)c3ccc(Cl)c(C)c3)n2)c1. The molecule has 0 aliphatic rings.